The summed E-state index contributed by atoms with van der Waals surface area (Å²) in [7, 11) is 0. The number of carbonyl (C=O) groups is 1. The van der Waals surface area contributed by atoms with Gasteiger partial charge in [0.1, 0.15) is 0 Å². The lowest BCUT2D eigenvalue weighted by Crippen LogP contribution is -2.21. The van der Waals surface area contributed by atoms with Crippen LogP contribution in [0.1, 0.15) is 32.1 Å². The number of thiophene rings is 1. The number of nitrogens with one attached hydrogen (secondary N) is 1. The molecule has 0 fully saturated rings. The zero-order valence-electron chi connectivity index (χ0n) is 11.1. The number of aryl methyl sites for hydroxylation is 1. The summed E-state index contributed by atoms with van der Waals surface area (Å²) in [5.41, 5.74) is 1.91. The van der Waals surface area contributed by atoms with Gasteiger partial charge in [-0.1, -0.05) is 11.8 Å². The summed E-state index contributed by atoms with van der Waals surface area (Å²) < 4.78 is 4.94. The molecule has 20 heavy (non-hydrogen) atoms. The highest BCUT2D eigenvalue weighted by molar-refractivity contribution is 7.14. The number of aliphatic hydroxyl groups is 1. The highest BCUT2D eigenvalue weighted by atomic mass is 32.1. The number of carbonyl (C=O) groups excluding carboxylic acids is 1. The molecule has 0 bridgehead atoms. The Bertz CT molecular complexity index is 632. The second kappa shape index (κ2) is 6.94. The summed E-state index contributed by atoms with van der Waals surface area (Å²) in [6.45, 7) is 2.42. The van der Waals surface area contributed by atoms with Gasteiger partial charge < -0.3 is 14.8 Å². The van der Waals surface area contributed by atoms with Crippen molar-refractivity contribution < 1.29 is 14.3 Å². The van der Waals surface area contributed by atoms with Gasteiger partial charge >= 0.3 is 0 Å². The molecule has 2 aromatic heterocycles. The van der Waals surface area contributed by atoms with Crippen LogP contribution in [0, 0.1) is 18.8 Å². The van der Waals surface area contributed by atoms with E-state index in [2.05, 4.69) is 17.2 Å². The van der Waals surface area contributed by atoms with Crippen LogP contribution in [0.15, 0.2) is 29.1 Å². The number of furan rings is 1. The fourth-order valence-electron chi connectivity index (χ4n) is 1.58. The minimum absolute atomic E-state index is 0.0511. The molecule has 4 nitrogen and oxygen atoms in total. The molecule has 0 spiro atoms. The summed E-state index contributed by atoms with van der Waals surface area (Å²) in [4.78, 5) is 13.5. The van der Waals surface area contributed by atoms with Gasteiger partial charge in [0.15, 0.2) is 0 Å². The van der Waals surface area contributed by atoms with Gasteiger partial charge in [-0.15, -0.1) is 11.3 Å². The minimum Gasteiger partial charge on any atom is -0.472 e. The molecule has 2 rings (SSSR count). The first-order chi connectivity index (χ1) is 9.70. The molecule has 2 heterocycles. The van der Waals surface area contributed by atoms with Crippen LogP contribution in [-0.2, 0) is 6.54 Å². The van der Waals surface area contributed by atoms with Crippen LogP contribution in [0.2, 0.25) is 0 Å². The summed E-state index contributed by atoms with van der Waals surface area (Å²) in [6, 6.07) is 3.64. The number of amides is 1. The number of hydrogen-bond acceptors (Lipinski definition) is 4. The van der Waals surface area contributed by atoms with Crippen molar-refractivity contribution in [3.8, 4) is 11.8 Å². The smallest absolute Gasteiger partial charge is 0.261 e. The fourth-order valence-corrected chi connectivity index (χ4v) is 2.54. The van der Waals surface area contributed by atoms with E-state index in [1.165, 1.54) is 11.3 Å². The Morgan fingerprint density at radius 3 is 3.10 bits per heavy atom. The van der Waals surface area contributed by atoms with Gasteiger partial charge in [-0.2, -0.15) is 0 Å². The molecule has 0 aliphatic heterocycles. The van der Waals surface area contributed by atoms with E-state index in [9.17, 15) is 4.79 Å². The molecule has 104 valence electrons. The zero-order chi connectivity index (χ0) is 14.4. The Labute approximate surface area is 121 Å². The number of aliphatic hydroxyl groups excluding tert-OH is 1. The van der Waals surface area contributed by atoms with Gasteiger partial charge in [0.25, 0.3) is 5.91 Å². The van der Waals surface area contributed by atoms with E-state index in [4.69, 9.17) is 9.52 Å². The molecule has 0 aliphatic carbocycles. The van der Waals surface area contributed by atoms with Crippen LogP contribution in [0.25, 0.3) is 0 Å². The van der Waals surface area contributed by atoms with Gasteiger partial charge in [0.2, 0.25) is 0 Å². The van der Waals surface area contributed by atoms with Crippen LogP contribution < -0.4 is 5.32 Å². The van der Waals surface area contributed by atoms with Crippen molar-refractivity contribution in [2.24, 2.45) is 0 Å². The fraction of sp³-hybridized carbons (Fsp3) is 0.267. The molecule has 0 saturated carbocycles. The van der Waals surface area contributed by atoms with Gasteiger partial charge in [-0.25, -0.2) is 0 Å². The molecule has 0 aromatic carbocycles. The lowest BCUT2D eigenvalue weighted by atomic mass is 10.2. The number of hydrogen-bond donors (Lipinski definition) is 2. The molecule has 0 radical (unpaired) electrons. The molecule has 0 aliphatic rings. The van der Waals surface area contributed by atoms with E-state index in [1.807, 2.05) is 19.1 Å². The summed E-state index contributed by atoms with van der Waals surface area (Å²) in [5.74, 6) is 5.72. The Morgan fingerprint density at radius 2 is 2.40 bits per heavy atom. The van der Waals surface area contributed by atoms with E-state index in [1.54, 1.807) is 12.5 Å². The van der Waals surface area contributed by atoms with Crippen LogP contribution in [-0.4, -0.2) is 17.6 Å². The standard InChI is InChI=1S/C15H15NO3S/c1-11-8-14(20-13(11)4-2-3-6-17)15(18)16-9-12-5-7-19-10-12/h5,7-8,10,17H,3,6,9H2,1H3,(H,16,18). The SMILES string of the molecule is Cc1cc(C(=O)NCc2ccoc2)sc1C#CCCO. The third-order valence-electron chi connectivity index (χ3n) is 2.61. The van der Waals surface area contributed by atoms with Crippen molar-refractivity contribution in [1.29, 1.82) is 0 Å². The third-order valence-corrected chi connectivity index (χ3v) is 3.76. The largest absolute Gasteiger partial charge is 0.472 e. The maximum absolute atomic E-state index is 12.0. The van der Waals surface area contributed by atoms with Crippen LogP contribution in [0.5, 0.6) is 0 Å². The van der Waals surface area contributed by atoms with Crippen LogP contribution >= 0.6 is 11.3 Å². The Kier molecular flexibility index (Phi) is 4.99. The van der Waals surface area contributed by atoms with Crippen molar-refractivity contribution in [1.82, 2.24) is 5.32 Å². The molecule has 0 unspecified atom stereocenters. The van der Waals surface area contributed by atoms with Gasteiger partial charge in [-0.05, 0) is 24.6 Å². The zero-order valence-corrected chi connectivity index (χ0v) is 11.9. The molecule has 0 atom stereocenters. The second-order valence-corrected chi connectivity index (χ2v) is 5.26. The van der Waals surface area contributed by atoms with Crippen LogP contribution in [0.3, 0.4) is 0 Å². The topological polar surface area (TPSA) is 62.5 Å². The van der Waals surface area contributed by atoms with Crippen molar-refractivity contribution >= 4 is 17.2 Å². The van der Waals surface area contributed by atoms with Gasteiger partial charge in [0.05, 0.1) is 28.9 Å². The van der Waals surface area contributed by atoms with Crippen molar-refractivity contribution in [2.45, 2.75) is 19.9 Å². The molecule has 2 aromatic rings. The van der Waals surface area contributed by atoms with Crippen molar-refractivity contribution in [2.75, 3.05) is 6.61 Å². The first kappa shape index (κ1) is 14.4. The molecule has 0 saturated heterocycles. The summed E-state index contributed by atoms with van der Waals surface area (Å²) in [6.07, 6.45) is 3.62. The highest BCUT2D eigenvalue weighted by Crippen LogP contribution is 2.21. The predicted molar refractivity (Wildman–Crippen MR) is 77.5 cm³/mol. The Morgan fingerprint density at radius 1 is 1.55 bits per heavy atom. The second-order valence-electron chi connectivity index (χ2n) is 4.21. The van der Waals surface area contributed by atoms with E-state index in [0.29, 0.717) is 17.8 Å². The average molecular weight is 289 g/mol. The van der Waals surface area contributed by atoms with E-state index in [0.717, 1.165) is 16.0 Å². The maximum atomic E-state index is 12.0. The normalized spacial score (nSPS) is 9.90. The summed E-state index contributed by atoms with van der Waals surface area (Å²) >= 11 is 1.36. The average Bonchev–Trinajstić information content (AvgIpc) is 3.07. The highest BCUT2D eigenvalue weighted by Gasteiger charge is 2.11. The van der Waals surface area contributed by atoms with Crippen LogP contribution in [0.4, 0.5) is 0 Å². The van der Waals surface area contributed by atoms with E-state index >= 15 is 0 Å². The Hall–Kier alpha value is -2.03. The maximum Gasteiger partial charge on any atom is 0.261 e. The lowest BCUT2D eigenvalue weighted by Gasteiger charge is -2.00. The molecule has 5 heteroatoms. The molecular weight excluding hydrogens is 274 g/mol. The predicted octanol–water partition coefficient (Wildman–Crippen LogP) is 2.31. The minimum atomic E-state index is -0.116. The first-order valence-electron chi connectivity index (χ1n) is 6.20. The third kappa shape index (κ3) is 3.73. The lowest BCUT2D eigenvalue weighted by molar-refractivity contribution is 0.0955. The van der Waals surface area contributed by atoms with Gasteiger partial charge in [-0.3, -0.25) is 4.79 Å². The summed E-state index contributed by atoms with van der Waals surface area (Å²) in [5, 5.41) is 11.5. The first-order valence-corrected chi connectivity index (χ1v) is 7.02. The number of rotatable bonds is 4. The van der Waals surface area contributed by atoms with Crippen molar-refractivity contribution in [3.63, 3.8) is 0 Å². The molecule has 2 N–H and O–H groups in total. The van der Waals surface area contributed by atoms with Gasteiger partial charge in [0, 0.05) is 18.5 Å². The quantitative estimate of drug-likeness (QED) is 0.849. The molecule has 1 amide bonds. The monoisotopic (exact) mass is 289 g/mol. The molecular formula is C15H15NO3S. The van der Waals surface area contributed by atoms with E-state index in [-0.39, 0.29) is 12.5 Å². The van der Waals surface area contributed by atoms with E-state index < -0.39 is 0 Å². The van der Waals surface area contributed by atoms with Crippen molar-refractivity contribution in [3.05, 3.63) is 45.5 Å². The Balaban J connectivity index is 2.00.